The van der Waals surface area contributed by atoms with Gasteiger partial charge in [0.15, 0.2) is 5.75 Å². The van der Waals surface area contributed by atoms with Crippen molar-refractivity contribution in [3.05, 3.63) is 69.3 Å². The number of fused-ring (bicyclic) bond motifs is 1. The van der Waals surface area contributed by atoms with E-state index in [1.165, 1.54) is 6.92 Å². The molecule has 0 bridgehead atoms. The summed E-state index contributed by atoms with van der Waals surface area (Å²) in [5.41, 5.74) is 2.42. The van der Waals surface area contributed by atoms with Crippen LogP contribution in [0.1, 0.15) is 18.2 Å². The fourth-order valence-electron chi connectivity index (χ4n) is 2.31. The van der Waals surface area contributed by atoms with Crippen molar-refractivity contribution >= 4 is 56.6 Å². The molecule has 0 aliphatic rings. The molecule has 0 saturated heterocycles. The van der Waals surface area contributed by atoms with Gasteiger partial charge in [0.1, 0.15) is 0 Å². The van der Waals surface area contributed by atoms with Crippen molar-refractivity contribution in [1.29, 1.82) is 0 Å². The molecule has 0 N–H and O–H groups in total. The van der Waals surface area contributed by atoms with Crippen molar-refractivity contribution in [2.24, 2.45) is 0 Å². The number of hydrogen-bond acceptors (Lipinski definition) is 3. The van der Waals surface area contributed by atoms with Crippen LogP contribution in [-0.4, -0.2) is 11.0 Å². The Morgan fingerprint density at radius 3 is 2.75 bits per heavy atom. The van der Waals surface area contributed by atoms with Crippen LogP contribution < -0.4 is 4.74 Å². The topological polar surface area (TPSA) is 39.2 Å². The van der Waals surface area contributed by atoms with Crippen molar-refractivity contribution < 1.29 is 9.53 Å². The van der Waals surface area contributed by atoms with E-state index in [1.54, 1.807) is 12.1 Å². The van der Waals surface area contributed by atoms with Gasteiger partial charge in [-0.05, 0) is 52.3 Å². The molecule has 3 rings (SSSR count). The van der Waals surface area contributed by atoms with Gasteiger partial charge < -0.3 is 4.74 Å². The second-order valence-electron chi connectivity index (χ2n) is 5.16. The predicted octanol–water partition coefficient (Wildman–Crippen LogP) is 5.75. The maximum absolute atomic E-state index is 11.3. The summed E-state index contributed by atoms with van der Waals surface area (Å²) in [6.45, 7) is 1.36. The molecule has 0 atom stereocenters. The lowest BCUT2D eigenvalue weighted by Gasteiger charge is -2.09. The van der Waals surface area contributed by atoms with Crippen molar-refractivity contribution in [3.63, 3.8) is 0 Å². The summed E-state index contributed by atoms with van der Waals surface area (Å²) < 4.78 is 5.90. The van der Waals surface area contributed by atoms with Gasteiger partial charge in [-0.1, -0.05) is 35.9 Å². The molecule has 0 aliphatic heterocycles. The van der Waals surface area contributed by atoms with Crippen LogP contribution in [0.4, 0.5) is 0 Å². The number of aromatic nitrogens is 1. The molecule has 0 amide bonds. The molecule has 0 radical (unpaired) electrons. The Kier molecular flexibility index (Phi) is 4.97. The number of esters is 1. The smallest absolute Gasteiger partial charge is 0.308 e. The van der Waals surface area contributed by atoms with E-state index < -0.39 is 5.97 Å². The summed E-state index contributed by atoms with van der Waals surface area (Å²) in [6, 6.07) is 15.3. The van der Waals surface area contributed by atoms with Crippen molar-refractivity contribution in [3.8, 4) is 5.75 Å². The van der Waals surface area contributed by atoms with Crippen molar-refractivity contribution in [1.82, 2.24) is 4.98 Å². The largest absolute Gasteiger partial charge is 0.425 e. The number of rotatable bonds is 3. The number of ether oxygens (including phenoxy) is 1. The SMILES string of the molecule is CC(=O)Oc1c(Br)cc(Cl)cc1/C=C/c1ccc2ccccc2n1. The Morgan fingerprint density at radius 1 is 1.17 bits per heavy atom. The Bertz CT molecular complexity index is 953. The Morgan fingerprint density at radius 2 is 1.96 bits per heavy atom. The highest BCUT2D eigenvalue weighted by atomic mass is 79.9. The van der Waals surface area contributed by atoms with Gasteiger partial charge in [0.25, 0.3) is 0 Å². The third-order valence-electron chi connectivity index (χ3n) is 3.34. The fraction of sp³-hybridized carbons (Fsp3) is 0.0526. The Balaban J connectivity index is 1.99. The van der Waals surface area contributed by atoms with Gasteiger partial charge in [-0.3, -0.25) is 4.79 Å². The molecule has 5 heteroatoms. The first-order chi connectivity index (χ1) is 11.5. The van der Waals surface area contributed by atoms with Crippen LogP contribution >= 0.6 is 27.5 Å². The summed E-state index contributed by atoms with van der Waals surface area (Å²) >= 11 is 9.47. The highest BCUT2D eigenvalue weighted by molar-refractivity contribution is 9.10. The molecule has 120 valence electrons. The number of halogens is 2. The summed E-state index contributed by atoms with van der Waals surface area (Å²) in [5, 5.41) is 1.63. The standard InChI is InChI=1S/C19H13BrClNO2/c1-12(23)24-19-14(10-15(21)11-17(19)20)7-9-16-8-6-13-4-2-3-5-18(13)22-16/h2-11H,1H3/b9-7+. The molecule has 0 spiro atoms. The lowest BCUT2D eigenvalue weighted by molar-refractivity contribution is -0.131. The first-order valence-corrected chi connectivity index (χ1v) is 8.41. The molecule has 3 aromatic rings. The number of benzene rings is 2. The van der Waals surface area contributed by atoms with Gasteiger partial charge in [0, 0.05) is 22.9 Å². The molecule has 0 fully saturated rings. The van der Waals surface area contributed by atoms with Crippen LogP contribution in [0.25, 0.3) is 23.1 Å². The third-order valence-corrected chi connectivity index (χ3v) is 4.14. The number of pyridine rings is 1. The minimum absolute atomic E-state index is 0.392. The fourth-order valence-corrected chi connectivity index (χ4v) is 3.22. The van der Waals surface area contributed by atoms with Crippen LogP contribution in [0.15, 0.2) is 53.0 Å². The lowest BCUT2D eigenvalue weighted by Crippen LogP contribution is -2.03. The zero-order valence-corrected chi connectivity index (χ0v) is 15.1. The summed E-state index contributed by atoms with van der Waals surface area (Å²) in [6.07, 6.45) is 3.68. The second-order valence-corrected chi connectivity index (χ2v) is 6.45. The van der Waals surface area contributed by atoms with Gasteiger partial charge in [-0.2, -0.15) is 0 Å². The summed E-state index contributed by atoms with van der Waals surface area (Å²) in [5.74, 6) is 0.0421. The monoisotopic (exact) mass is 401 g/mol. The van der Waals surface area contributed by atoms with E-state index in [-0.39, 0.29) is 0 Å². The number of nitrogens with zero attached hydrogens (tertiary/aromatic N) is 1. The molecule has 0 unspecified atom stereocenters. The predicted molar refractivity (Wildman–Crippen MR) is 101 cm³/mol. The van der Waals surface area contributed by atoms with Gasteiger partial charge in [0.2, 0.25) is 0 Å². The van der Waals surface area contributed by atoms with E-state index in [9.17, 15) is 4.79 Å². The van der Waals surface area contributed by atoms with E-state index in [4.69, 9.17) is 16.3 Å². The number of carbonyl (C=O) groups is 1. The van der Waals surface area contributed by atoms with Crippen LogP contribution in [0.5, 0.6) is 5.75 Å². The van der Waals surface area contributed by atoms with E-state index in [1.807, 2.05) is 48.6 Å². The Hall–Kier alpha value is -2.17. The van der Waals surface area contributed by atoms with Gasteiger partial charge in [-0.15, -0.1) is 0 Å². The zero-order valence-electron chi connectivity index (χ0n) is 12.8. The molecule has 24 heavy (non-hydrogen) atoms. The van der Waals surface area contributed by atoms with Crippen LogP contribution in [0, 0.1) is 0 Å². The highest BCUT2D eigenvalue weighted by Gasteiger charge is 2.10. The van der Waals surface area contributed by atoms with Crippen LogP contribution in [0.3, 0.4) is 0 Å². The molecule has 0 saturated carbocycles. The molecule has 1 aromatic heterocycles. The van der Waals surface area contributed by atoms with E-state index in [2.05, 4.69) is 20.9 Å². The maximum atomic E-state index is 11.3. The van der Waals surface area contributed by atoms with Gasteiger partial charge >= 0.3 is 5.97 Å². The molecule has 1 heterocycles. The van der Waals surface area contributed by atoms with Crippen molar-refractivity contribution in [2.45, 2.75) is 6.92 Å². The first kappa shape index (κ1) is 16.7. The number of hydrogen-bond donors (Lipinski definition) is 0. The van der Waals surface area contributed by atoms with Crippen LogP contribution in [0.2, 0.25) is 5.02 Å². The van der Waals surface area contributed by atoms with Crippen LogP contribution in [-0.2, 0) is 4.79 Å². The normalized spacial score (nSPS) is 11.1. The third kappa shape index (κ3) is 3.83. The minimum atomic E-state index is -0.392. The van der Waals surface area contributed by atoms with E-state index in [0.717, 1.165) is 16.6 Å². The second kappa shape index (κ2) is 7.16. The number of para-hydroxylation sites is 1. The van der Waals surface area contributed by atoms with Gasteiger partial charge in [-0.25, -0.2) is 4.98 Å². The minimum Gasteiger partial charge on any atom is -0.425 e. The number of carbonyl (C=O) groups excluding carboxylic acids is 1. The van der Waals surface area contributed by atoms with Gasteiger partial charge in [0.05, 0.1) is 15.7 Å². The maximum Gasteiger partial charge on any atom is 0.308 e. The molecule has 0 aliphatic carbocycles. The summed E-state index contributed by atoms with van der Waals surface area (Å²) in [7, 11) is 0. The van der Waals surface area contributed by atoms with E-state index in [0.29, 0.717) is 20.8 Å². The van der Waals surface area contributed by atoms with E-state index >= 15 is 0 Å². The molecular weight excluding hydrogens is 390 g/mol. The molecule has 3 nitrogen and oxygen atoms in total. The zero-order chi connectivity index (χ0) is 17.1. The average Bonchev–Trinajstić information content (AvgIpc) is 2.55. The highest BCUT2D eigenvalue weighted by Crippen LogP contribution is 2.34. The Labute approximate surface area is 153 Å². The lowest BCUT2D eigenvalue weighted by atomic mass is 10.1. The molecule has 2 aromatic carbocycles. The first-order valence-electron chi connectivity index (χ1n) is 7.24. The quantitative estimate of drug-likeness (QED) is 0.414. The average molecular weight is 403 g/mol. The summed E-state index contributed by atoms with van der Waals surface area (Å²) in [4.78, 5) is 15.9. The molecular formula is C19H13BrClNO2. The van der Waals surface area contributed by atoms with Crippen molar-refractivity contribution in [2.75, 3.05) is 0 Å².